The van der Waals surface area contributed by atoms with Crippen LogP contribution in [0.1, 0.15) is 5.56 Å². The number of benzene rings is 1. The molecule has 0 aliphatic carbocycles. The van der Waals surface area contributed by atoms with Gasteiger partial charge in [-0.2, -0.15) is 0 Å². The van der Waals surface area contributed by atoms with Gasteiger partial charge in [-0.1, -0.05) is 0 Å². The van der Waals surface area contributed by atoms with Crippen LogP contribution in [0.3, 0.4) is 0 Å². The Bertz CT molecular complexity index is 634. The molecule has 0 amide bonds. The summed E-state index contributed by atoms with van der Waals surface area (Å²) in [6, 6.07) is 5.32. The predicted molar refractivity (Wildman–Crippen MR) is 86.3 cm³/mol. The maximum atomic E-state index is 9.35. The Morgan fingerprint density at radius 3 is 2.40 bits per heavy atom. The Kier molecular flexibility index (Phi) is 5.42. The predicted octanol–water partition coefficient (Wildman–Crippen LogP) is 4.66. The summed E-state index contributed by atoms with van der Waals surface area (Å²) in [5, 5.41) is 9.35. The van der Waals surface area contributed by atoms with Crippen LogP contribution in [0.15, 0.2) is 37.8 Å². The molecule has 0 saturated carbocycles. The number of rotatable bonds is 4. The van der Waals surface area contributed by atoms with Crippen LogP contribution in [0.4, 0.5) is 0 Å². The zero-order chi connectivity index (χ0) is 14.7. The number of ether oxygens (including phenoxy) is 2. The standard InChI is InChI=1S/C13H10Br3NO3/c1-19-11-3-10(16)12(4-9(11)15)20-13-7(6-18)2-8(14)5-17-13/h2-5,18H,6H2,1H3. The number of nitrogens with zero attached hydrogens (tertiary/aromatic N) is 1. The summed E-state index contributed by atoms with van der Waals surface area (Å²) in [5.41, 5.74) is 0.596. The van der Waals surface area contributed by atoms with Gasteiger partial charge in [0.15, 0.2) is 0 Å². The van der Waals surface area contributed by atoms with Crippen molar-refractivity contribution in [2.75, 3.05) is 7.11 Å². The van der Waals surface area contributed by atoms with Crippen molar-refractivity contribution in [2.24, 2.45) is 0 Å². The average Bonchev–Trinajstić information content (AvgIpc) is 2.44. The van der Waals surface area contributed by atoms with E-state index in [9.17, 15) is 5.11 Å². The fourth-order valence-corrected chi connectivity index (χ4v) is 2.79. The maximum absolute atomic E-state index is 9.35. The van der Waals surface area contributed by atoms with E-state index in [2.05, 4.69) is 52.8 Å². The van der Waals surface area contributed by atoms with Gasteiger partial charge in [-0.05, 0) is 66.0 Å². The minimum Gasteiger partial charge on any atom is -0.496 e. The van der Waals surface area contributed by atoms with Crippen LogP contribution in [0.5, 0.6) is 17.4 Å². The molecule has 0 unspecified atom stereocenters. The van der Waals surface area contributed by atoms with Crippen molar-refractivity contribution in [1.82, 2.24) is 4.98 Å². The van der Waals surface area contributed by atoms with E-state index in [1.54, 1.807) is 31.5 Å². The fraction of sp³-hybridized carbons (Fsp3) is 0.154. The third kappa shape index (κ3) is 3.52. The first-order chi connectivity index (χ1) is 9.55. The number of pyridine rings is 1. The highest BCUT2D eigenvalue weighted by atomic mass is 79.9. The molecule has 4 nitrogen and oxygen atoms in total. The van der Waals surface area contributed by atoms with E-state index in [-0.39, 0.29) is 6.61 Å². The highest BCUT2D eigenvalue weighted by molar-refractivity contribution is 9.11. The van der Waals surface area contributed by atoms with Crippen LogP contribution in [-0.4, -0.2) is 17.2 Å². The molecule has 0 aliphatic rings. The van der Waals surface area contributed by atoms with Crippen LogP contribution in [0.2, 0.25) is 0 Å². The lowest BCUT2D eigenvalue weighted by atomic mass is 10.3. The van der Waals surface area contributed by atoms with E-state index in [4.69, 9.17) is 9.47 Å². The number of hydrogen-bond donors (Lipinski definition) is 1. The second-order valence-corrected chi connectivity index (χ2v) is 6.42. The van der Waals surface area contributed by atoms with Crippen LogP contribution in [-0.2, 0) is 6.61 Å². The Hall–Kier alpha value is -0.630. The number of aliphatic hydroxyl groups is 1. The first-order valence-electron chi connectivity index (χ1n) is 5.51. The minimum atomic E-state index is -0.156. The summed E-state index contributed by atoms with van der Waals surface area (Å²) in [6.07, 6.45) is 1.61. The van der Waals surface area contributed by atoms with Gasteiger partial charge in [0.2, 0.25) is 5.88 Å². The molecule has 1 N–H and O–H groups in total. The Balaban J connectivity index is 2.37. The Morgan fingerprint density at radius 2 is 1.75 bits per heavy atom. The van der Waals surface area contributed by atoms with Gasteiger partial charge in [-0.25, -0.2) is 4.98 Å². The molecule has 0 saturated heterocycles. The number of hydrogen-bond acceptors (Lipinski definition) is 4. The molecule has 1 aromatic heterocycles. The van der Waals surface area contributed by atoms with Crippen molar-refractivity contribution >= 4 is 47.8 Å². The maximum Gasteiger partial charge on any atom is 0.224 e. The second kappa shape index (κ2) is 6.89. The van der Waals surface area contributed by atoms with E-state index in [0.29, 0.717) is 22.9 Å². The van der Waals surface area contributed by atoms with Crippen LogP contribution < -0.4 is 9.47 Å². The Labute approximate surface area is 141 Å². The molecule has 0 fully saturated rings. The lowest BCUT2D eigenvalue weighted by molar-refractivity contribution is 0.274. The van der Waals surface area contributed by atoms with Crippen molar-refractivity contribution in [2.45, 2.75) is 6.61 Å². The van der Waals surface area contributed by atoms with Gasteiger partial charge < -0.3 is 14.6 Å². The van der Waals surface area contributed by atoms with Crippen molar-refractivity contribution in [3.63, 3.8) is 0 Å². The molecule has 0 spiro atoms. The molecule has 0 atom stereocenters. The van der Waals surface area contributed by atoms with Gasteiger partial charge in [0, 0.05) is 16.2 Å². The topological polar surface area (TPSA) is 51.6 Å². The van der Waals surface area contributed by atoms with E-state index >= 15 is 0 Å². The van der Waals surface area contributed by atoms with Gasteiger partial charge in [-0.3, -0.25) is 0 Å². The molecule has 7 heteroatoms. The first kappa shape index (κ1) is 15.8. The molecule has 0 radical (unpaired) electrons. The van der Waals surface area contributed by atoms with E-state index in [0.717, 1.165) is 13.4 Å². The summed E-state index contributed by atoms with van der Waals surface area (Å²) in [6.45, 7) is -0.156. The molecular formula is C13H10Br3NO3. The quantitative estimate of drug-likeness (QED) is 0.710. The zero-order valence-corrected chi connectivity index (χ0v) is 15.1. The molecule has 106 valence electrons. The van der Waals surface area contributed by atoms with Crippen molar-refractivity contribution in [1.29, 1.82) is 0 Å². The van der Waals surface area contributed by atoms with Gasteiger partial charge in [0.25, 0.3) is 0 Å². The molecular weight excluding hydrogens is 458 g/mol. The van der Waals surface area contributed by atoms with Crippen LogP contribution >= 0.6 is 47.8 Å². The van der Waals surface area contributed by atoms with Gasteiger partial charge >= 0.3 is 0 Å². The zero-order valence-electron chi connectivity index (χ0n) is 10.4. The van der Waals surface area contributed by atoms with Crippen molar-refractivity contribution < 1.29 is 14.6 Å². The summed E-state index contributed by atoms with van der Waals surface area (Å²) in [7, 11) is 1.59. The van der Waals surface area contributed by atoms with Gasteiger partial charge in [0.1, 0.15) is 11.5 Å². The molecule has 1 heterocycles. The molecule has 1 aromatic carbocycles. The molecule has 0 bridgehead atoms. The molecule has 20 heavy (non-hydrogen) atoms. The average molecular weight is 468 g/mol. The van der Waals surface area contributed by atoms with E-state index < -0.39 is 0 Å². The number of aliphatic hydroxyl groups excluding tert-OH is 1. The summed E-state index contributed by atoms with van der Waals surface area (Å²) in [5.74, 6) is 1.62. The summed E-state index contributed by atoms with van der Waals surface area (Å²) < 4.78 is 13.2. The van der Waals surface area contributed by atoms with Gasteiger partial charge in [-0.15, -0.1) is 0 Å². The van der Waals surface area contributed by atoms with Crippen molar-refractivity contribution in [3.05, 3.63) is 43.4 Å². The Morgan fingerprint density at radius 1 is 1.10 bits per heavy atom. The summed E-state index contributed by atoms with van der Waals surface area (Å²) in [4.78, 5) is 4.16. The third-order valence-electron chi connectivity index (χ3n) is 2.48. The monoisotopic (exact) mass is 465 g/mol. The van der Waals surface area contributed by atoms with Crippen molar-refractivity contribution in [3.8, 4) is 17.4 Å². The smallest absolute Gasteiger partial charge is 0.224 e. The molecule has 2 aromatic rings. The van der Waals surface area contributed by atoms with Crippen LogP contribution in [0.25, 0.3) is 0 Å². The normalized spacial score (nSPS) is 10.4. The van der Waals surface area contributed by atoms with Gasteiger partial charge in [0.05, 0.1) is 22.7 Å². The third-order valence-corrected chi connectivity index (χ3v) is 4.15. The first-order valence-corrected chi connectivity index (χ1v) is 7.89. The lowest BCUT2D eigenvalue weighted by Crippen LogP contribution is -1.96. The number of methoxy groups -OCH3 is 1. The minimum absolute atomic E-state index is 0.156. The number of aromatic nitrogens is 1. The summed E-state index contributed by atoms with van der Waals surface area (Å²) >= 11 is 10.1. The molecule has 2 rings (SSSR count). The fourth-order valence-electron chi connectivity index (χ4n) is 1.52. The largest absolute Gasteiger partial charge is 0.496 e. The van der Waals surface area contributed by atoms with E-state index in [1.807, 2.05) is 0 Å². The molecule has 0 aliphatic heterocycles. The second-order valence-electron chi connectivity index (χ2n) is 3.80. The van der Waals surface area contributed by atoms with E-state index in [1.165, 1.54) is 0 Å². The van der Waals surface area contributed by atoms with Crippen LogP contribution in [0, 0.1) is 0 Å². The SMILES string of the molecule is COc1cc(Br)c(Oc2ncc(Br)cc2CO)cc1Br. The number of halogens is 3. The highest BCUT2D eigenvalue weighted by Gasteiger charge is 2.12. The lowest BCUT2D eigenvalue weighted by Gasteiger charge is -2.12. The highest BCUT2D eigenvalue weighted by Crippen LogP contribution is 2.38.